The van der Waals surface area contributed by atoms with Crippen molar-refractivity contribution in [3.05, 3.63) is 35.9 Å². The van der Waals surface area contributed by atoms with E-state index >= 15 is 0 Å². The Hall–Kier alpha value is -2.41. The normalized spacial score (nSPS) is 12.9. The maximum Gasteiger partial charge on any atom is 0.328 e. The number of hydrogen-bond donors (Lipinski definition) is 2. The topological polar surface area (TPSA) is 108 Å². The van der Waals surface area contributed by atoms with Crippen LogP contribution in [0.3, 0.4) is 0 Å². The van der Waals surface area contributed by atoms with Gasteiger partial charge >= 0.3 is 11.9 Å². The van der Waals surface area contributed by atoms with Crippen LogP contribution in [0.15, 0.2) is 30.3 Å². The molecule has 1 amide bonds. The van der Waals surface area contributed by atoms with Crippen LogP contribution in [-0.2, 0) is 30.3 Å². The lowest BCUT2D eigenvalue weighted by Gasteiger charge is -2.19. The number of methoxy groups -OCH3 is 2. The van der Waals surface area contributed by atoms with Crippen molar-refractivity contribution in [3.8, 4) is 0 Å². The molecule has 3 N–H and O–H groups in total. The van der Waals surface area contributed by atoms with Crippen molar-refractivity contribution in [2.24, 2.45) is 5.73 Å². The van der Waals surface area contributed by atoms with Gasteiger partial charge in [-0.05, 0) is 5.56 Å². The first-order valence-electron chi connectivity index (χ1n) is 6.72. The van der Waals surface area contributed by atoms with Crippen LogP contribution < -0.4 is 11.1 Å². The molecule has 0 aliphatic carbocycles. The standard InChI is InChI=1S/C15H20N2O5/c1-21-13(18)9-11(16)14(19)17-12(15(20)22-2)8-10-6-4-3-5-7-10/h3-7,11-12H,8-9,16H2,1-2H3,(H,17,19)/t11-,12+/m1/s1. The molecule has 7 nitrogen and oxygen atoms in total. The Morgan fingerprint density at radius 2 is 1.77 bits per heavy atom. The summed E-state index contributed by atoms with van der Waals surface area (Å²) in [5.74, 6) is -1.79. The number of carbonyl (C=O) groups is 3. The Morgan fingerprint density at radius 1 is 1.14 bits per heavy atom. The molecule has 1 rings (SSSR count). The highest BCUT2D eigenvalue weighted by molar-refractivity contribution is 5.90. The fourth-order valence-electron chi connectivity index (χ4n) is 1.82. The second kappa shape index (κ2) is 8.78. The van der Waals surface area contributed by atoms with Crippen molar-refractivity contribution in [2.45, 2.75) is 24.9 Å². The van der Waals surface area contributed by atoms with Gasteiger partial charge in [-0.1, -0.05) is 30.3 Å². The first-order chi connectivity index (χ1) is 10.5. The van der Waals surface area contributed by atoms with Crippen molar-refractivity contribution in [2.75, 3.05) is 14.2 Å². The van der Waals surface area contributed by atoms with Crippen LogP contribution in [-0.4, -0.2) is 44.1 Å². The molecule has 0 aromatic heterocycles. The summed E-state index contributed by atoms with van der Waals surface area (Å²) in [7, 11) is 2.44. The average Bonchev–Trinajstić information content (AvgIpc) is 2.54. The van der Waals surface area contributed by atoms with Gasteiger partial charge in [0.1, 0.15) is 6.04 Å². The SMILES string of the molecule is COC(=O)C[C@@H](N)C(=O)N[C@@H](Cc1ccccc1)C(=O)OC. The van der Waals surface area contributed by atoms with E-state index in [9.17, 15) is 14.4 Å². The summed E-state index contributed by atoms with van der Waals surface area (Å²) in [6.45, 7) is 0. The summed E-state index contributed by atoms with van der Waals surface area (Å²) >= 11 is 0. The van der Waals surface area contributed by atoms with Crippen molar-refractivity contribution in [1.82, 2.24) is 5.32 Å². The van der Waals surface area contributed by atoms with Crippen LogP contribution in [0, 0.1) is 0 Å². The van der Waals surface area contributed by atoms with E-state index < -0.39 is 29.9 Å². The lowest BCUT2D eigenvalue weighted by atomic mass is 10.1. The molecule has 0 spiro atoms. The highest BCUT2D eigenvalue weighted by Gasteiger charge is 2.26. The van der Waals surface area contributed by atoms with Gasteiger partial charge in [0, 0.05) is 6.42 Å². The summed E-state index contributed by atoms with van der Waals surface area (Å²) < 4.78 is 9.13. The number of nitrogens with one attached hydrogen (secondary N) is 1. The van der Waals surface area contributed by atoms with E-state index in [2.05, 4.69) is 14.8 Å². The minimum atomic E-state index is -1.09. The highest BCUT2D eigenvalue weighted by atomic mass is 16.5. The van der Waals surface area contributed by atoms with Crippen molar-refractivity contribution in [1.29, 1.82) is 0 Å². The summed E-state index contributed by atoms with van der Waals surface area (Å²) in [6.07, 6.45) is 0.00571. The Kier molecular flexibility index (Phi) is 7.04. The number of benzene rings is 1. The van der Waals surface area contributed by atoms with E-state index in [-0.39, 0.29) is 12.8 Å². The smallest absolute Gasteiger partial charge is 0.328 e. The number of carbonyl (C=O) groups excluding carboxylic acids is 3. The van der Waals surface area contributed by atoms with Crippen LogP contribution in [0.5, 0.6) is 0 Å². The number of hydrogen-bond acceptors (Lipinski definition) is 6. The van der Waals surface area contributed by atoms with E-state index in [1.54, 1.807) is 0 Å². The third-order valence-corrected chi connectivity index (χ3v) is 3.04. The molecule has 1 aromatic carbocycles. The van der Waals surface area contributed by atoms with Crippen LogP contribution in [0.2, 0.25) is 0 Å². The summed E-state index contributed by atoms with van der Waals surface area (Å²) in [5.41, 5.74) is 6.47. The summed E-state index contributed by atoms with van der Waals surface area (Å²) in [4.78, 5) is 34.9. The maximum atomic E-state index is 12.0. The van der Waals surface area contributed by atoms with Crippen molar-refractivity contribution >= 4 is 17.8 Å². The van der Waals surface area contributed by atoms with Gasteiger partial charge in [0.2, 0.25) is 5.91 Å². The zero-order valence-corrected chi connectivity index (χ0v) is 12.6. The predicted molar refractivity (Wildman–Crippen MR) is 78.7 cm³/mol. The highest BCUT2D eigenvalue weighted by Crippen LogP contribution is 2.05. The quantitative estimate of drug-likeness (QED) is 0.674. The number of rotatable bonds is 7. The van der Waals surface area contributed by atoms with Crippen molar-refractivity contribution < 1.29 is 23.9 Å². The number of nitrogens with two attached hydrogens (primary N) is 1. The van der Waals surface area contributed by atoms with Gasteiger partial charge in [-0.3, -0.25) is 9.59 Å². The largest absolute Gasteiger partial charge is 0.469 e. The molecule has 2 atom stereocenters. The van der Waals surface area contributed by atoms with Gasteiger partial charge in [0.05, 0.1) is 26.7 Å². The third-order valence-electron chi connectivity index (χ3n) is 3.04. The fourth-order valence-corrected chi connectivity index (χ4v) is 1.82. The molecule has 0 bridgehead atoms. The van der Waals surface area contributed by atoms with Crippen LogP contribution in [0.4, 0.5) is 0 Å². The summed E-state index contributed by atoms with van der Waals surface area (Å²) in [5, 5.41) is 2.50. The molecule has 0 heterocycles. The molecule has 0 radical (unpaired) electrons. The zero-order valence-electron chi connectivity index (χ0n) is 12.6. The summed E-state index contributed by atoms with van der Waals surface area (Å²) in [6, 6.07) is 7.20. The Morgan fingerprint density at radius 3 is 2.32 bits per heavy atom. The first-order valence-corrected chi connectivity index (χ1v) is 6.72. The van der Waals surface area contributed by atoms with Crippen LogP contribution >= 0.6 is 0 Å². The van der Waals surface area contributed by atoms with Gasteiger partial charge in [-0.25, -0.2) is 4.79 Å². The molecule has 1 aromatic rings. The van der Waals surface area contributed by atoms with Crippen molar-refractivity contribution in [3.63, 3.8) is 0 Å². The van der Waals surface area contributed by atoms with Gasteiger partial charge in [0.15, 0.2) is 0 Å². The monoisotopic (exact) mass is 308 g/mol. The predicted octanol–water partition coefficient (Wildman–Crippen LogP) is -0.223. The van der Waals surface area contributed by atoms with Gasteiger partial charge in [-0.15, -0.1) is 0 Å². The molecular formula is C15H20N2O5. The minimum Gasteiger partial charge on any atom is -0.469 e. The number of ether oxygens (including phenoxy) is 2. The fraction of sp³-hybridized carbons (Fsp3) is 0.400. The molecule has 7 heteroatoms. The number of esters is 2. The Balaban J connectivity index is 2.70. The molecule has 0 fully saturated rings. The van der Waals surface area contributed by atoms with E-state index in [1.807, 2.05) is 30.3 Å². The lowest BCUT2D eigenvalue weighted by Crippen LogP contribution is -2.50. The molecule has 0 aliphatic rings. The Bertz CT molecular complexity index is 518. The molecule has 120 valence electrons. The van der Waals surface area contributed by atoms with Gasteiger partial charge in [-0.2, -0.15) is 0 Å². The molecule has 0 unspecified atom stereocenters. The molecule has 0 aliphatic heterocycles. The third kappa shape index (κ3) is 5.53. The second-order valence-corrected chi connectivity index (χ2v) is 4.66. The lowest BCUT2D eigenvalue weighted by molar-refractivity contribution is -0.145. The van der Waals surface area contributed by atoms with Crippen LogP contribution in [0.25, 0.3) is 0 Å². The Labute approximate surface area is 128 Å². The van der Waals surface area contributed by atoms with E-state index in [0.29, 0.717) is 0 Å². The van der Waals surface area contributed by atoms with Gasteiger partial charge in [0.25, 0.3) is 0 Å². The number of amides is 1. The van der Waals surface area contributed by atoms with Crippen LogP contribution in [0.1, 0.15) is 12.0 Å². The maximum absolute atomic E-state index is 12.0. The second-order valence-electron chi connectivity index (χ2n) is 4.66. The molecule has 0 saturated heterocycles. The van der Waals surface area contributed by atoms with E-state index in [4.69, 9.17) is 5.73 Å². The molecule has 0 saturated carbocycles. The average molecular weight is 308 g/mol. The minimum absolute atomic E-state index is 0.262. The van der Waals surface area contributed by atoms with E-state index in [1.165, 1.54) is 14.2 Å². The molecular weight excluding hydrogens is 288 g/mol. The van der Waals surface area contributed by atoms with E-state index in [0.717, 1.165) is 5.56 Å². The zero-order chi connectivity index (χ0) is 16.5. The first kappa shape index (κ1) is 17.6. The molecule has 22 heavy (non-hydrogen) atoms. The van der Waals surface area contributed by atoms with Gasteiger partial charge < -0.3 is 20.5 Å².